The summed E-state index contributed by atoms with van der Waals surface area (Å²) >= 11 is 0. The minimum absolute atomic E-state index is 0.00103. The summed E-state index contributed by atoms with van der Waals surface area (Å²) in [6, 6.07) is 10.5. The Balaban J connectivity index is 1.43. The summed E-state index contributed by atoms with van der Waals surface area (Å²) in [5, 5.41) is 0. The number of benzene rings is 1. The Morgan fingerprint density at radius 3 is 2.78 bits per heavy atom. The molecular formula is C22H27N3O2. The number of aromatic amines is 1. The maximum atomic E-state index is 12.8. The Labute approximate surface area is 160 Å². The number of rotatable bonds is 5. The summed E-state index contributed by atoms with van der Waals surface area (Å²) in [5.74, 6) is 0.0541. The highest BCUT2D eigenvalue weighted by Crippen LogP contribution is 2.33. The van der Waals surface area contributed by atoms with Crippen molar-refractivity contribution >= 4 is 11.7 Å². The van der Waals surface area contributed by atoms with Gasteiger partial charge in [0.25, 0.3) is 5.91 Å². The number of hydrogen-bond donors (Lipinski definition) is 1. The van der Waals surface area contributed by atoms with E-state index in [2.05, 4.69) is 34.1 Å². The number of nitrogens with zero attached hydrogens (tertiary/aromatic N) is 2. The number of amides is 1. The van der Waals surface area contributed by atoms with Crippen molar-refractivity contribution in [3.8, 4) is 0 Å². The first kappa shape index (κ1) is 18.0. The highest BCUT2D eigenvalue weighted by Gasteiger charge is 2.26. The number of ketones is 1. The molecule has 5 heteroatoms. The maximum absolute atomic E-state index is 12.8. The number of carbonyl (C=O) groups is 2. The lowest BCUT2D eigenvalue weighted by Crippen LogP contribution is -2.32. The van der Waals surface area contributed by atoms with Crippen molar-refractivity contribution in [2.75, 3.05) is 26.7 Å². The number of nitrogens with one attached hydrogen (secondary N) is 1. The van der Waals surface area contributed by atoms with Crippen molar-refractivity contribution in [2.24, 2.45) is 0 Å². The summed E-state index contributed by atoms with van der Waals surface area (Å²) in [7, 11) is 2.02. The number of Topliss-reactive ketones (excluding diaryl/α,β-unsaturated/α-hetero) is 1. The van der Waals surface area contributed by atoms with E-state index in [1.165, 1.54) is 11.1 Å². The number of hydrogen-bond acceptors (Lipinski definition) is 3. The first-order chi connectivity index (χ1) is 13.1. The van der Waals surface area contributed by atoms with Gasteiger partial charge in [-0.1, -0.05) is 24.3 Å². The fraction of sp³-hybridized carbons (Fsp3) is 0.455. The fourth-order valence-electron chi connectivity index (χ4n) is 4.38. The Kier molecular flexibility index (Phi) is 5.12. The van der Waals surface area contributed by atoms with Crippen LogP contribution in [0.3, 0.4) is 0 Å². The van der Waals surface area contributed by atoms with Gasteiger partial charge in [-0.3, -0.25) is 14.5 Å². The lowest BCUT2D eigenvalue weighted by atomic mass is 9.87. The largest absolute Gasteiger partial charge is 0.356 e. The Morgan fingerprint density at radius 1 is 1.19 bits per heavy atom. The Morgan fingerprint density at radius 2 is 1.96 bits per heavy atom. The third-order valence-corrected chi connectivity index (χ3v) is 5.89. The van der Waals surface area contributed by atoms with Gasteiger partial charge in [0.15, 0.2) is 5.78 Å². The second-order valence-electron chi connectivity index (χ2n) is 7.75. The van der Waals surface area contributed by atoms with E-state index in [-0.39, 0.29) is 17.7 Å². The van der Waals surface area contributed by atoms with Crippen LogP contribution in [0.1, 0.15) is 63.7 Å². The number of carbonyl (C=O) groups excluding carboxylic acids is 2. The van der Waals surface area contributed by atoms with Crippen LogP contribution in [-0.4, -0.2) is 53.2 Å². The van der Waals surface area contributed by atoms with Crippen LogP contribution in [0, 0.1) is 0 Å². The average Bonchev–Trinajstić information content (AvgIpc) is 3.39. The molecule has 5 nitrogen and oxygen atoms in total. The van der Waals surface area contributed by atoms with Gasteiger partial charge in [0.05, 0.1) is 6.54 Å². The first-order valence-electron chi connectivity index (χ1n) is 9.92. The molecule has 27 heavy (non-hydrogen) atoms. The van der Waals surface area contributed by atoms with Gasteiger partial charge in [-0.25, -0.2) is 0 Å². The molecule has 0 saturated carbocycles. The molecule has 2 aromatic rings. The molecule has 4 rings (SSSR count). The van der Waals surface area contributed by atoms with Gasteiger partial charge in [0.2, 0.25) is 0 Å². The van der Waals surface area contributed by atoms with Crippen molar-refractivity contribution in [1.29, 1.82) is 0 Å². The first-order valence-corrected chi connectivity index (χ1v) is 9.92. The normalized spacial score (nSPS) is 19.3. The van der Waals surface area contributed by atoms with Crippen LogP contribution in [0.5, 0.6) is 0 Å². The zero-order chi connectivity index (χ0) is 18.8. The van der Waals surface area contributed by atoms with Crippen LogP contribution in [0.15, 0.2) is 36.5 Å². The van der Waals surface area contributed by atoms with E-state index in [0.29, 0.717) is 17.8 Å². The molecule has 0 spiro atoms. The second-order valence-corrected chi connectivity index (χ2v) is 7.75. The number of likely N-dealkylation sites (N-methyl/N-ethyl adjacent to an activating group) is 1. The van der Waals surface area contributed by atoms with Crippen LogP contribution in [0.25, 0.3) is 0 Å². The quantitative estimate of drug-likeness (QED) is 0.826. The van der Waals surface area contributed by atoms with Gasteiger partial charge in [-0.2, -0.15) is 0 Å². The molecule has 1 atom stereocenters. The van der Waals surface area contributed by atoms with E-state index >= 15 is 0 Å². The molecule has 1 aliphatic heterocycles. The highest BCUT2D eigenvalue weighted by atomic mass is 16.2. The lowest BCUT2D eigenvalue weighted by molar-refractivity contribution is 0.0787. The van der Waals surface area contributed by atoms with Gasteiger partial charge in [-0.05, 0) is 56.3 Å². The topological polar surface area (TPSA) is 56.4 Å². The maximum Gasteiger partial charge on any atom is 0.270 e. The number of H-pyrrole nitrogens is 1. The smallest absolute Gasteiger partial charge is 0.270 e. The molecular weight excluding hydrogens is 338 g/mol. The molecule has 0 unspecified atom stereocenters. The number of aromatic nitrogens is 1. The number of aryl methyl sites for hydroxylation is 1. The average molecular weight is 365 g/mol. The molecule has 142 valence electrons. The molecule has 1 aromatic carbocycles. The molecule has 1 saturated heterocycles. The summed E-state index contributed by atoms with van der Waals surface area (Å²) in [5.41, 5.74) is 3.85. The fourth-order valence-corrected chi connectivity index (χ4v) is 4.38. The molecule has 1 amide bonds. The molecule has 0 bridgehead atoms. The second kappa shape index (κ2) is 7.69. The molecule has 1 fully saturated rings. The van der Waals surface area contributed by atoms with Crippen molar-refractivity contribution in [3.05, 3.63) is 58.9 Å². The van der Waals surface area contributed by atoms with Gasteiger partial charge < -0.3 is 9.88 Å². The summed E-state index contributed by atoms with van der Waals surface area (Å²) in [6.45, 7) is 1.98. The van der Waals surface area contributed by atoms with Crippen LogP contribution >= 0.6 is 0 Å². The zero-order valence-corrected chi connectivity index (χ0v) is 15.9. The molecule has 1 aromatic heterocycles. The van der Waals surface area contributed by atoms with Gasteiger partial charge in [0.1, 0.15) is 5.69 Å². The number of likely N-dealkylation sites (tertiary alicyclic amines) is 1. The van der Waals surface area contributed by atoms with Gasteiger partial charge in [0, 0.05) is 30.9 Å². The number of fused-ring (bicyclic) bond motifs is 1. The standard InChI is InChI=1S/C22H27N3O2/c1-24(20-10-6-8-16-7-2-3-9-18(16)20)15-21(26)17-13-19(23-14-17)22(27)25-11-4-5-12-25/h2-3,7,9,13-14,20,23H,4-6,8,10-12,15H2,1H3/t20-/m1/s1. The molecule has 2 heterocycles. The van der Waals surface area contributed by atoms with Crippen molar-refractivity contribution in [3.63, 3.8) is 0 Å². The lowest BCUT2D eigenvalue weighted by Gasteiger charge is -2.32. The van der Waals surface area contributed by atoms with E-state index in [0.717, 1.165) is 45.2 Å². The van der Waals surface area contributed by atoms with Crippen LogP contribution in [-0.2, 0) is 6.42 Å². The third kappa shape index (κ3) is 3.69. The minimum atomic E-state index is 0.00103. The van der Waals surface area contributed by atoms with E-state index in [1.807, 2.05) is 11.9 Å². The van der Waals surface area contributed by atoms with Crippen molar-refractivity contribution in [2.45, 2.75) is 38.1 Å². The van der Waals surface area contributed by atoms with Gasteiger partial charge >= 0.3 is 0 Å². The van der Waals surface area contributed by atoms with Crippen LogP contribution in [0.2, 0.25) is 0 Å². The zero-order valence-electron chi connectivity index (χ0n) is 15.9. The molecule has 0 radical (unpaired) electrons. The van der Waals surface area contributed by atoms with E-state index < -0.39 is 0 Å². The SMILES string of the molecule is CN(CC(=O)c1c[nH]c(C(=O)N2CCCC2)c1)[C@@H]1CCCc2ccccc21. The minimum Gasteiger partial charge on any atom is -0.356 e. The van der Waals surface area contributed by atoms with Crippen molar-refractivity contribution in [1.82, 2.24) is 14.8 Å². The van der Waals surface area contributed by atoms with Gasteiger partial charge in [-0.15, -0.1) is 0 Å². The molecule has 2 aliphatic rings. The van der Waals surface area contributed by atoms with E-state index in [1.54, 1.807) is 12.3 Å². The predicted molar refractivity (Wildman–Crippen MR) is 105 cm³/mol. The highest BCUT2D eigenvalue weighted by molar-refractivity contribution is 6.01. The molecule has 1 N–H and O–H groups in total. The van der Waals surface area contributed by atoms with E-state index in [4.69, 9.17) is 0 Å². The Hall–Kier alpha value is -2.40. The predicted octanol–water partition coefficient (Wildman–Crippen LogP) is 3.44. The van der Waals surface area contributed by atoms with E-state index in [9.17, 15) is 9.59 Å². The summed E-state index contributed by atoms with van der Waals surface area (Å²) < 4.78 is 0. The van der Waals surface area contributed by atoms with Crippen molar-refractivity contribution < 1.29 is 9.59 Å². The summed E-state index contributed by atoms with van der Waals surface area (Å²) in [6.07, 6.45) is 7.14. The molecule has 1 aliphatic carbocycles. The van der Waals surface area contributed by atoms with Crippen LogP contribution in [0.4, 0.5) is 0 Å². The summed E-state index contributed by atoms with van der Waals surface area (Å²) in [4.78, 5) is 32.2. The van der Waals surface area contributed by atoms with Crippen LogP contribution < -0.4 is 0 Å². The third-order valence-electron chi connectivity index (χ3n) is 5.89. The Bertz CT molecular complexity index is 836. The monoisotopic (exact) mass is 365 g/mol.